The van der Waals surface area contributed by atoms with Crippen molar-refractivity contribution in [3.63, 3.8) is 0 Å². The van der Waals surface area contributed by atoms with Gasteiger partial charge >= 0.3 is 0 Å². The van der Waals surface area contributed by atoms with Crippen molar-refractivity contribution in [3.05, 3.63) is 40.8 Å². The summed E-state index contributed by atoms with van der Waals surface area (Å²) in [5.41, 5.74) is 2.25. The molecule has 2 N–H and O–H groups in total. The molecule has 1 aliphatic rings. The van der Waals surface area contributed by atoms with Gasteiger partial charge in [-0.15, -0.1) is 0 Å². The molecule has 18 heavy (non-hydrogen) atoms. The molecular weight excluding hydrogens is 290 g/mol. The first-order valence-electron chi connectivity index (χ1n) is 6.32. The van der Waals surface area contributed by atoms with E-state index in [1.807, 2.05) is 18.3 Å². The average molecular weight is 306 g/mol. The molecule has 1 saturated heterocycles. The predicted octanol–water partition coefficient (Wildman–Crippen LogP) is 2.99. The number of hydrogen-bond acceptors (Lipinski definition) is 2. The van der Waals surface area contributed by atoms with Crippen LogP contribution in [0.5, 0.6) is 0 Å². The van der Waals surface area contributed by atoms with Crippen LogP contribution in [0.25, 0.3) is 11.3 Å². The maximum absolute atomic E-state index is 4.49. The van der Waals surface area contributed by atoms with Crippen molar-refractivity contribution in [2.24, 2.45) is 5.92 Å². The Bertz CT molecular complexity index is 529. The first kappa shape index (κ1) is 11.9. The third-order valence-electron chi connectivity index (χ3n) is 3.44. The van der Waals surface area contributed by atoms with Gasteiger partial charge in [0.1, 0.15) is 5.82 Å². The molecular formula is C14H16BrN3. The second kappa shape index (κ2) is 5.24. The fourth-order valence-corrected chi connectivity index (χ4v) is 2.94. The molecule has 1 fully saturated rings. The van der Waals surface area contributed by atoms with E-state index in [4.69, 9.17) is 0 Å². The zero-order valence-corrected chi connectivity index (χ0v) is 11.7. The quantitative estimate of drug-likeness (QED) is 0.915. The van der Waals surface area contributed by atoms with Gasteiger partial charge in [-0.3, -0.25) is 0 Å². The summed E-state index contributed by atoms with van der Waals surface area (Å²) in [5, 5.41) is 3.39. The van der Waals surface area contributed by atoms with Crippen LogP contribution in [-0.2, 0) is 6.42 Å². The number of imidazole rings is 1. The number of nitrogens with zero attached hydrogens (tertiary/aromatic N) is 1. The number of hydrogen-bond donors (Lipinski definition) is 2. The lowest BCUT2D eigenvalue weighted by molar-refractivity contribution is 0.565. The van der Waals surface area contributed by atoms with E-state index in [-0.39, 0.29) is 0 Å². The molecule has 1 atom stereocenters. The minimum Gasteiger partial charge on any atom is -0.342 e. The molecule has 0 radical (unpaired) electrons. The molecule has 4 heteroatoms. The third-order valence-corrected chi connectivity index (χ3v) is 4.13. The summed E-state index contributed by atoms with van der Waals surface area (Å²) in [5.74, 6) is 1.82. The molecule has 1 unspecified atom stereocenters. The Hall–Kier alpha value is -1.13. The molecule has 1 aromatic heterocycles. The Labute approximate surface area is 115 Å². The van der Waals surface area contributed by atoms with Crippen LogP contribution in [0.15, 0.2) is 34.9 Å². The molecule has 0 spiro atoms. The van der Waals surface area contributed by atoms with Crippen LogP contribution in [0.2, 0.25) is 0 Å². The standard InChI is InChI=1S/C14H16BrN3/c15-12-4-2-1-3-11(12)13-9-17-14(18-13)7-10-5-6-16-8-10/h1-4,9-10,16H,5-8H2,(H,17,18). The fourth-order valence-electron chi connectivity index (χ4n) is 2.44. The Morgan fingerprint density at radius 1 is 1.33 bits per heavy atom. The number of aromatic amines is 1. The van der Waals surface area contributed by atoms with Gasteiger partial charge in [0, 0.05) is 16.5 Å². The van der Waals surface area contributed by atoms with Crippen molar-refractivity contribution < 1.29 is 0 Å². The third kappa shape index (κ3) is 2.49. The first-order chi connectivity index (χ1) is 8.83. The van der Waals surface area contributed by atoms with Gasteiger partial charge in [-0.2, -0.15) is 0 Å². The van der Waals surface area contributed by atoms with E-state index in [1.165, 1.54) is 12.0 Å². The van der Waals surface area contributed by atoms with Crippen LogP contribution >= 0.6 is 15.9 Å². The first-order valence-corrected chi connectivity index (χ1v) is 7.12. The minimum absolute atomic E-state index is 0.725. The van der Waals surface area contributed by atoms with Gasteiger partial charge in [0.15, 0.2) is 0 Å². The van der Waals surface area contributed by atoms with Crippen LogP contribution in [0, 0.1) is 5.92 Å². The van der Waals surface area contributed by atoms with Gasteiger partial charge < -0.3 is 10.3 Å². The zero-order chi connectivity index (χ0) is 12.4. The van der Waals surface area contributed by atoms with E-state index in [0.717, 1.165) is 41.4 Å². The SMILES string of the molecule is Brc1ccccc1-c1cnc(CC2CCNC2)[nH]1. The van der Waals surface area contributed by atoms with E-state index in [0.29, 0.717) is 0 Å². The van der Waals surface area contributed by atoms with Crippen LogP contribution in [0.1, 0.15) is 12.2 Å². The normalized spacial score (nSPS) is 19.3. The van der Waals surface area contributed by atoms with Crippen LogP contribution in [0.4, 0.5) is 0 Å². The molecule has 2 aromatic rings. The number of rotatable bonds is 3. The summed E-state index contributed by atoms with van der Waals surface area (Å²) >= 11 is 3.57. The van der Waals surface area contributed by atoms with Gasteiger partial charge in [-0.05, 0) is 31.5 Å². The van der Waals surface area contributed by atoms with Crippen molar-refractivity contribution in [3.8, 4) is 11.3 Å². The Kier molecular flexibility index (Phi) is 3.48. The lowest BCUT2D eigenvalue weighted by Crippen LogP contribution is -2.11. The summed E-state index contributed by atoms with van der Waals surface area (Å²) in [4.78, 5) is 7.92. The van der Waals surface area contributed by atoms with Gasteiger partial charge in [-0.1, -0.05) is 34.1 Å². The Morgan fingerprint density at radius 3 is 3.00 bits per heavy atom. The monoisotopic (exact) mass is 305 g/mol. The zero-order valence-electron chi connectivity index (χ0n) is 10.1. The Balaban J connectivity index is 1.79. The number of benzene rings is 1. The topological polar surface area (TPSA) is 40.7 Å². The molecule has 94 valence electrons. The largest absolute Gasteiger partial charge is 0.342 e. The molecule has 2 heterocycles. The summed E-state index contributed by atoms with van der Waals surface area (Å²) in [7, 11) is 0. The van der Waals surface area contributed by atoms with Crippen molar-refractivity contribution in [2.75, 3.05) is 13.1 Å². The summed E-state index contributed by atoms with van der Waals surface area (Å²) in [6, 6.07) is 8.21. The van der Waals surface area contributed by atoms with E-state index in [2.05, 4.69) is 43.3 Å². The summed E-state index contributed by atoms with van der Waals surface area (Å²) < 4.78 is 1.10. The lowest BCUT2D eigenvalue weighted by Gasteiger charge is -2.05. The number of nitrogens with one attached hydrogen (secondary N) is 2. The van der Waals surface area contributed by atoms with Gasteiger partial charge in [0.05, 0.1) is 11.9 Å². The molecule has 0 aliphatic carbocycles. The summed E-state index contributed by atoms with van der Waals surface area (Å²) in [6.07, 6.45) is 4.22. The van der Waals surface area contributed by atoms with E-state index < -0.39 is 0 Å². The summed E-state index contributed by atoms with van der Waals surface area (Å²) in [6.45, 7) is 2.26. The average Bonchev–Trinajstić information content (AvgIpc) is 3.02. The molecule has 3 rings (SSSR count). The molecule has 0 saturated carbocycles. The second-order valence-corrected chi connectivity index (χ2v) is 5.64. The number of aromatic nitrogens is 2. The molecule has 1 aliphatic heterocycles. The molecule has 3 nitrogen and oxygen atoms in total. The van der Waals surface area contributed by atoms with Crippen molar-refractivity contribution in [1.29, 1.82) is 0 Å². The highest BCUT2D eigenvalue weighted by molar-refractivity contribution is 9.10. The van der Waals surface area contributed by atoms with Gasteiger partial charge in [0.2, 0.25) is 0 Å². The maximum Gasteiger partial charge on any atom is 0.106 e. The molecule has 0 bridgehead atoms. The fraction of sp³-hybridized carbons (Fsp3) is 0.357. The number of halogens is 1. The van der Waals surface area contributed by atoms with Crippen molar-refractivity contribution in [2.45, 2.75) is 12.8 Å². The van der Waals surface area contributed by atoms with Gasteiger partial charge in [0.25, 0.3) is 0 Å². The smallest absolute Gasteiger partial charge is 0.106 e. The second-order valence-electron chi connectivity index (χ2n) is 4.79. The molecule has 1 aromatic carbocycles. The highest BCUT2D eigenvalue weighted by Crippen LogP contribution is 2.26. The highest BCUT2D eigenvalue weighted by Gasteiger charge is 2.16. The highest BCUT2D eigenvalue weighted by atomic mass is 79.9. The van der Waals surface area contributed by atoms with E-state index >= 15 is 0 Å². The Morgan fingerprint density at radius 2 is 2.22 bits per heavy atom. The predicted molar refractivity (Wildman–Crippen MR) is 76.4 cm³/mol. The van der Waals surface area contributed by atoms with Crippen LogP contribution < -0.4 is 5.32 Å². The maximum atomic E-state index is 4.49. The lowest BCUT2D eigenvalue weighted by atomic mass is 10.1. The van der Waals surface area contributed by atoms with E-state index in [1.54, 1.807) is 0 Å². The van der Waals surface area contributed by atoms with Crippen LogP contribution in [-0.4, -0.2) is 23.1 Å². The number of H-pyrrole nitrogens is 1. The van der Waals surface area contributed by atoms with Crippen molar-refractivity contribution in [1.82, 2.24) is 15.3 Å². The minimum atomic E-state index is 0.725. The van der Waals surface area contributed by atoms with Crippen molar-refractivity contribution >= 4 is 15.9 Å². The van der Waals surface area contributed by atoms with E-state index in [9.17, 15) is 0 Å². The van der Waals surface area contributed by atoms with Crippen LogP contribution in [0.3, 0.4) is 0 Å². The van der Waals surface area contributed by atoms with Gasteiger partial charge in [-0.25, -0.2) is 4.98 Å². The molecule has 0 amide bonds.